The lowest BCUT2D eigenvalue weighted by Gasteiger charge is -2.18. The maximum atomic E-state index is 12.8. The van der Waals surface area contributed by atoms with Crippen molar-refractivity contribution in [2.24, 2.45) is 0 Å². The zero-order chi connectivity index (χ0) is 44.4. The first-order valence-electron chi connectivity index (χ1n) is 24.5. The summed E-state index contributed by atoms with van der Waals surface area (Å²) in [5.74, 6) is -1.04. The molecule has 0 saturated heterocycles. The molecule has 6 nitrogen and oxygen atoms in total. The van der Waals surface area contributed by atoms with E-state index in [2.05, 4.69) is 75.5 Å². The van der Waals surface area contributed by atoms with Gasteiger partial charge >= 0.3 is 17.9 Å². The van der Waals surface area contributed by atoms with Crippen molar-refractivity contribution in [1.82, 2.24) is 0 Å². The summed E-state index contributed by atoms with van der Waals surface area (Å²) in [4.78, 5) is 37.9. The van der Waals surface area contributed by atoms with Crippen LogP contribution < -0.4 is 0 Å². The van der Waals surface area contributed by atoms with Crippen molar-refractivity contribution < 1.29 is 28.6 Å². The Morgan fingerprint density at radius 1 is 0.361 bits per heavy atom. The number of unbranched alkanes of at least 4 members (excludes halogenated alkanes) is 18. The summed E-state index contributed by atoms with van der Waals surface area (Å²) in [5.41, 5.74) is 0. The highest BCUT2D eigenvalue weighted by Crippen LogP contribution is 2.13. The molecular formula is C55H88O6. The highest BCUT2D eigenvalue weighted by Gasteiger charge is 2.19. The molecule has 0 aromatic carbocycles. The van der Waals surface area contributed by atoms with Crippen LogP contribution in [-0.4, -0.2) is 37.2 Å². The van der Waals surface area contributed by atoms with Crippen molar-refractivity contribution in [3.05, 3.63) is 109 Å². The normalized spacial score (nSPS) is 13.0. The third-order valence-corrected chi connectivity index (χ3v) is 9.90. The van der Waals surface area contributed by atoms with Gasteiger partial charge in [0, 0.05) is 19.3 Å². The van der Waals surface area contributed by atoms with Gasteiger partial charge in [-0.3, -0.25) is 14.4 Å². The number of hydrogen-bond acceptors (Lipinski definition) is 6. The lowest BCUT2D eigenvalue weighted by Crippen LogP contribution is -2.30. The second-order valence-electron chi connectivity index (χ2n) is 15.8. The SMILES string of the molecule is CC/C=C/C=C/C=C/C=C/C=C/CCCC(=O)OCC(COC(=O)CCCCC/C=C/C=C/CCCCCCCCC)OC(=O)CCCCCCCCC/C=C/C/C=C/CC. The number of ether oxygens (including phenoxy) is 3. The van der Waals surface area contributed by atoms with Crippen LogP contribution in [0.2, 0.25) is 0 Å². The molecule has 1 unspecified atom stereocenters. The molecule has 0 amide bonds. The van der Waals surface area contributed by atoms with Crippen LogP contribution in [-0.2, 0) is 28.6 Å². The quantitative estimate of drug-likeness (QED) is 0.0200. The van der Waals surface area contributed by atoms with Crippen molar-refractivity contribution in [2.75, 3.05) is 13.2 Å². The summed E-state index contributed by atoms with van der Waals surface area (Å²) in [6.07, 6.45) is 65.1. The lowest BCUT2D eigenvalue weighted by atomic mass is 10.1. The molecule has 0 bridgehead atoms. The third kappa shape index (κ3) is 47.0. The van der Waals surface area contributed by atoms with Gasteiger partial charge in [-0.2, -0.15) is 0 Å². The predicted octanol–water partition coefficient (Wildman–Crippen LogP) is 16.0. The Morgan fingerprint density at radius 2 is 0.738 bits per heavy atom. The first kappa shape index (κ1) is 57.1. The molecule has 0 radical (unpaired) electrons. The fraction of sp³-hybridized carbons (Fsp3) is 0.618. The standard InChI is InChI=1S/C55H88O6/c1-4-7-10-13-16-19-22-25-27-28-31-33-36-39-42-45-48-54(57)60-51-52(50-59-53(56)47-44-41-38-35-32-29-24-21-18-15-12-9-6-3)61-55(58)49-46-43-40-37-34-30-26-23-20-17-14-11-8-5-2/h8-9,11-12,15,17-18,20-21,24,27-29,31-33,35,38,52H,4-7,10,13-14,16,19,22-23,25-26,30,34,36-37,39-51H2,1-3H3/b11-8+,12-9+,18-15+,20-17+,24-21+,28-27+,32-29+,33-31+,38-35+. The van der Waals surface area contributed by atoms with Gasteiger partial charge in [0.1, 0.15) is 13.2 Å². The highest BCUT2D eigenvalue weighted by atomic mass is 16.6. The summed E-state index contributed by atoms with van der Waals surface area (Å²) in [5, 5.41) is 0. The molecule has 0 N–H and O–H groups in total. The molecule has 1 atom stereocenters. The second kappa shape index (κ2) is 48.7. The first-order valence-corrected chi connectivity index (χ1v) is 24.5. The monoisotopic (exact) mass is 845 g/mol. The van der Waals surface area contributed by atoms with Crippen molar-refractivity contribution in [2.45, 2.75) is 207 Å². The van der Waals surface area contributed by atoms with Crippen LogP contribution in [0.25, 0.3) is 0 Å². The van der Waals surface area contributed by atoms with Crippen LogP contribution in [0.5, 0.6) is 0 Å². The van der Waals surface area contributed by atoms with Gasteiger partial charge in [0.2, 0.25) is 0 Å². The minimum atomic E-state index is -0.822. The number of carbonyl (C=O) groups is 3. The molecule has 0 fully saturated rings. The lowest BCUT2D eigenvalue weighted by molar-refractivity contribution is -0.167. The van der Waals surface area contributed by atoms with Gasteiger partial charge in [0.15, 0.2) is 6.10 Å². The topological polar surface area (TPSA) is 78.9 Å². The number of rotatable bonds is 42. The van der Waals surface area contributed by atoms with E-state index >= 15 is 0 Å². The molecule has 6 heteroatoms. The fourth-order valence-electron chi connectivity index (χ4n) is 6.26. The van der Waals surface area contributed by atoms with Crippen LogP contribution in [0, 0.1) is 0 Å². The average molecular weight is 845 g/mol. The van der Waals surface area contributed by atoms with E-state index in [-0.39, 0.29) is 37.5 Å². The molecule has 61 heavy (non-hydrogen) atoms. The molecule has 0 heterocycles. The Morgan fingerprint density at radius 3 is 1.28 bits per heavy atom. The number of allylic oxidation sites excluding steroid dienone is 18. The van der Waals surface area contributed by atoms with Gasteiger partial charge in [-0.15, -0.1) is 0 Å². The summed E-state index contributed by atoms with van der Waals surface area (Å²) in [7, 11) is 0. The highest BCUT2D eigenvalue weighted by molar-refractivity contribution is 5.71. The largest absolute Gasteiger partial charge is 0.462 e. The Labute approximate surface area is 374 Å². The fourth-order valence-corrected chi connectivity index (χ4v) is 6.26. The van der Waals surface area contributed by atoms with Crippen LogP contribution in [0.15, 0.2) is 109 Å². The zero-order valence-corrected chi connectivity index (χ0v) is 39.1. The third-order valence-electron chi connectivity index (χ3n) is 9.90. The number of esters is 3. The minimum Gasteiger partial charge on any atom is -0.462 e. The number of hydrogen-bond donors (Lipinski definition) is 0. The van der Waals surface area contributed by atoms with Crippen LogP contribution in [0.3, 0.4) is 0 Å². The minimum absolute atomic E-state index is 0.120. The maximum absolute atomic E-state index is 12.8. The van der Waals surface area contributed by atoms with Crippen LogP contribution in [0.4, 0.5) is 0 Å². The van der Waals surface area contributed by atoms with Crippen molar-refractivity contribution in [3.63, 3.8) is 0 Å². The van der Waals surface area contributed by atoms with Crippen LogP contribution >= 0.6 is 0 Å². The summed E-state index contributed by atoms with van der Waals surface area (Å²) in [6.45, 7) is 6.27. The molecule has 0 aromatic rings. The smallest absolute Gasteiger partial charge is 0.306 e. The molecule has 0 aliphatic carbocycles. The average Bonchev–Trinajstić information content (AvgIpc) is 3.26. The van der Waals surface area contributed by atoms with E-state index in [1.165, 1.54) is 70.6 Å². The Hall–Kier alpha value is -3.93. The molecule has 344 valence electrons. The zero-order valence-electron chi connectivity index (χ0n) is 39.1. The summed E-state index contributed by atoms with van der Waals surface area (Å²) >= 11 is 0. The van der Waals surface area contributed by atoms with Crippen molar-refractivity contribution in [1.29, 1.82) is 0 Å². The second-order valence-corrected chi connectivity index (χ2v) is 15.8. The Kier molecular flexibility index (Phi) is 45.6. The first-order chi connectivity index (χ1) is 30.0. The Balaban J connectivity index is 4.55. The van der Waals surface area contributed by atoms with Gasteiger partial charge in [-0.1, -0.05) is 207 Å². The van der Waals surface area contributed by atoms with Gasteiger partial charge in [0.05, 0.1) is 0 Å². The van der Waals surface area contributed by atoms with Gasteiger partial charge in [-0.25, -0.2) is 0 Å². The van der Waals surface area contributed by atoms with E-state index in [1.807, 2.05) is 54.7 Å². The molecule has 0 aliphatic heterocycles. The van der Waals surface area contributed by atoms with Crippen LogP contribution in [0.1, 0.15) is 201 Å². The molecule has 0 aliphatic rings. The van der Waals surface area contributed by atoms with Crippen molar-refractivity contribution in [3.8, 4) is 0 Å². The van der Waals surface area contributed by atoms with Crippen molar-refractivity contribution >= 4 is 17.9 Å². The Bertz CT molecular complexity index is 1290. The number of carbonyl (C=O) groups excluding carboxylic acids is 3. The summed E-state index contributed by atoms with van der Waals surface area (Å²) < 4.78 is 16.7. The summed E-state index contributed by atoms with van der Waals surface area (Å²) in [6, 6.07) is 0. The predicted molar refractivity (Wildman–Crippen MR) is 260 cm³/mol. The van der Waals surface area contributed by atoms with E-state index in [9.17, 15) is 14.4 Å². The van der Waals surface area contributed by atoms with Gasteiger partial charge in [0.25, 0.3) is 0 Å². The van der Waals surface area contributed by atoms with E-state index in [0.29, 0.717) is 19.3 Å². The van der Waals surface area contributed by atoms with Gasteiger partial charge < -0.3 is 14.2 Å². The molecule has 0 saturated carbocycles. The van der Waals surface area contributed by atoms with E-state index < -0.39 is 6.10 Å². The molecule has 0 aromatic heterocycles. The molecular weight excluding hydrogens is 757 g/mol. The maximum Gasteiger partial charge on any atom is 0.306 e. The molecule has 0 rings (SSSR count). The van der Waals surface area contributed by atoms with E-state index in [1.54, 1.807) is 0 Å². The van der Waals surface area contributed by atoms with Gasteiger partial charge in [-0.05, 0) is 83.5 Å². The molecule has 0 spiro atoms. The van der Waals surface area contributed by atoms with E-state index in [0.717, 1.165) is 83.5 Å². The van der Waals surface area contributed by atoms with E-state index in [4.69, 9.17) is 14.2 Å².